The summed E-state index contributed by atoms with van der Waals surface area (Å²) in [5.74, 6) is -2.40. The van der Waals surface area contributed by atoms with Gasteiger partial charge in [-0.25, -0.2) is 9.59 Å². The number of carboxylic acids is 2. The maximum atomic E-state index is 11.6. The van der Waals surface area contributed by atoms with E-state index in [0.717, 1.165) is 11.8 Å². The number of benzene rings is 2. The van der Waals surface area contributed by atoms with E-state index in [9.17, 15) is 30.0 Å². The Morgan fingerprint density at radius 1 is 0.778 bits per heavy atom. The molecule has 0 aliphatic carbocycles. The Morgan fingerprint density at radius 3 is 1.44 bits per heavy atom. The topological polar surface area (TPSA) is 115 Å². The molecule has 0 saturated carbocycles. The van der Waals surface area contributed by atoms with Crippen LogP contribution in [0.15, 0.2) is 34.1 Å². The Kier molecular flexibility index (Phi) is 6.74. The van der Waals surface area contributed by atoms with Crippen molar-refractivity contribution in [2.75, 3.05) is 0 Å². The Labute approximate surface area is 161 Å². The number of phenols is 2. The summed E-state index contributed by atoms with van der Waals surface area (Å²) in [5, 5.41) is 39.7. The molecule has 2 aromatic carbocycles. The standard InChI is InChI=1S/C20H22O6S/c1-3-5-11-13(19(23)24)7-9-15(21)17(11)27-18-12(6-4-2)14(20(25)26)8-10-16(18)22/h7-10,21-22H,3-6H2,1-2H3,(H,23,24)(H,25,26). The summed E-state index contributed by atoms with van der Waals surface area (Å²) in [6, 6.07) is 5.32. The molecule has 0 fully saturated rings. The predicted molar refractivity (Wildman–Crippen MR) is 102 cm³/mol. The van der Waals surface area contributed by atoms with Gasteiger partial charge in [-0.2, -0.15) is 0 Å². The van der Waals surface area contributed by atoms with E-state index in [0.29, 0.717) is 46.6 Å². The molecule has 0 atom stereocenters. The second-order valence-electron chi connectivity index (χ2n) is 6.09. The fourth-order valence-corrected chi connectivity index (χ4v) is 4.18. The first-order valence-electron chi connectivity index (χ1n) is 8.65. The highest BCUT2D eigenvalue weighted by Crippen LogP contribution is 2.45. The van der Waals surface area contributed by atoms with Crippen molar-refractivity contribution in [3.63, 3.8) is 0 Å². The SMILES string of the molecule is CCCc1c(C(=O)O)ccc(O)c1Sc1c(O)ccc(C(=O)O)c1CCC. The summed E-state index contributed by atoms with van der Waals surface area (Å²) >= 11 is 1.01. The van der Waals surface area contributed by atoms with Gasteiger partial charge in [-0.1, -0.05) is 38.5 Å². The first kappa shape index (κ1) is 20.6. The maximum absolute atomic E-state index is 11.6. The zero-order chi connectivity index (χ0) is 20.1. The van der Waals surface area contributed by atoms with E-state index in [2.05, 4.69) is 0 Å². The molecule has 27 heavy (non-hydrogen) atoms. The maximum Gasteiger partial charge on any atom is 0.336 e. The number of carboxylic acid groups (broad SMARTS) is 2. The van der Waals surface area contributed by atoms with Crippen LogP contribution in [0.4, 0.5) is 0 Å². The molecule has 0 spiro atoms. The molecule has 0 bridgehead atoms. The van der Waals surface area contributed by atoms with Gasteiger partial charge in [0.15, 0.2) is 0 Å². The second kappa shape index (κ2) is 8.81. The lowest BCUT2D eigenvalue weighted by Crippen LogP contribution is -2.06. The molecule has 0 heterocycles. The normalized spacial score (nSPS) is 10.7. The summed E-state index contributed by atoms with van der Waals surface area (Å²) in [7, 11) is 0. The third kappa shape index (κ3) is 4.36. The van der Waals surface area contributed by atoms with Crippen LogP contribution in [0.25, 0.3) is 0 Å². The summed E-state index contributed by atoms with van der Waals surface area (Å²) < 4.78 is 0. The van der Waals surface area contributed by atoms with E-state index in [4.69, 9.17) is 0 Å². The minimum atomic E-state index is -1.10. The monoisotopic (exact) mass is 390 g/mol. The fourth-order valence-electron chi connectivity index (χ4n) is 2.96. The van der Waals surface area contributed by atoms with Gasteiger partial charge in [0.2, 0.25) is 0 Å². The highest BCUT2D eigenvalue weighted by Gasteiger charge is 2.23. The van der Waals surface area contributed by atoms with Crippen molar-refractivity contribution in [3.8, 4) is 11.5 Å². The highest BCUT2D eigenvalue weighted by molar-refractivity contribution is 7.99. The zero-order valence-corrected chi connectivity index (χ0v) is 16.0. The van der Waals surface area contributed by atoms with Gasteiger partial charge in [-0.15, -0.1) is 0 Å². The van der Waals surface area contributed by atoms with E-state index < -0.39 is 11.9 Å². The number of aromatic hydroxyl groups is 2. The predicted octanol–water partition coefficient (Wildman–Crippen LogP) is 4.55. The van der Waals surface area contributed by atoms with Gasteiger partial charge in [-0.05, 0) is 48.2 Å². The Hall–Kier alpha value is -2.67. The van der Waals surface area contributed by atoms with Crippen molar-refractivity contribution >= 4 is 23.7 Å². The lowest BCUT2D eigenvalue weighted by Gasteiger charge is -2.17. The van der Waals surface area contributed by atoms with Gasteiger partial charge in [0.25, 0.3) is 0 Å². The third-order valence-corrected chi connectivity index (χ3v) is 5.46. The van der Waals surface area contributed by atoms with Crippen LogP contribution in [-0.4, -0.2) is 32.4 Å². The minimum absolute atomic E-state index is 0.0862. The molecule has 4 N–H and O–H groups in total. The lowest BCUT2D eigenvalue weighted by molar-refractivity contribution is 0.0684. The van der Waals surface area contributed by atoms with E-state index in [-0.39, 0.29) is 22.6 Å². The molecular weight excluding hydrogens is 368 g/mol. The molecular formula is C20H22O6S. The number of carbonyl (C=O) groups is 2. The van der Waals surface area contributed by atoms with Crippen LogP contribution in [0.5, 0.6) is 11.5 Å². The molecule has 2 aromatic rings. The van der Waals surface area contributed by atoms with Gasteiger partial charge in [0, 0.05) is 0 Å². The number of phenolic OH excluding ortho intramolecular Hbond substituents is 2. The Morgan fingerprint density at radius 2 is 1.15 bits per heavy atom. The first-order chi connectivity index (χ1) is 12.8. The lowest BCUT2D eigenvalue weighted by atomic mass is 10.0. The number of hydrogen-bond acceptors (Lipinski definition) is 5. The summed E-state index contributed by atoms with van der Waals surface area (Å²) in [6.45, 7) is 3.80. The molecule has 0 radical (unpaired) electrons. The minimum Gasteiger partial charge on any atom is -0.507 e. The molecule has 7 heteroatoms. The summed E-state index contributed by atoms with van der Waals surface area (Å²) in [5.41, 5.74) is 1.11. The third-order valence-electron chi connectivity index (χ3n) is 4.14. The molecule has 0 aliphatic rings. The van der Waals surface area contributed by atoms with Gasteiger partial charge in [-0.3, -0.25) is 0 Å². The largest absolute Gasteiger partial charge is 0.507 e. The number of hydrogen-bond donors (Lipinski definition) is 4. The van der Waals surface area contributed by atoms with Crippen molar-refractivity contribution in [2.24, 2.45) is 0 Å². The van der Waals surface area contributed by atoms with Crippen LogP contribution in [0.3, 0.4) is 0 Å². The highest BCUT2D eigenvalue weighted by atomic mass is 32.2. The fraction of sp³-hybridized carbons (Fsp3) is 0.300. The van der Waals surface area contributed by atoms with Crippen molar-refractivity contribution in [3.05, 3.63) is 46.5 Å². The van der Waals surface area contributed by atoms with Crippen molar-refractivity contribution in [1.29, 1.82) is 0 Å². The zero-order valence-electron chi connectivity index (χ0n) is 15.2. The second-order valence-corrected chi connectivity index (χ2v) is 7.11. The Balaban J connectivity index is 2.70. The number of aromatic carboxylic acids is 2. The van der Waals surface area contributed by atoms with E-state index in [1.165, 1.54) is 24.3 Å². The first-order valence-corrected chi connectivity index (χ1v) is 9.47. The van der Waals surface area contributed by atoms with Gasteiger partial charge in [0.1, 0.15) is 11.5 Å². The van der Waals surface area contributed by atoms with Crippen molar-refractivity contribution in [2.45, 2.75) is 49.3 Å². The summed E-state index contributed by atoms with van der Waals surface area (Å²) in [6.07, 6.45) is 2.20. The molecule has 144 valence electrons. The van der Waals surface area contributed by atoms with Crippen LogP contribution in [0, 0.1) is 0 Å². The average Bonchev–Trinajstić information content (AvgIpc) is 2.60. The smallest absolute Gasteiger partial charge is 0.336 e. The summed E-state index contributed by atoms with van der Waals surface area (Å²) in [4.78, 5) is 23.8. The van der Waals surface area contributed by atoms with Crippen molar-refractivity contribution < 1.29 is 30.0 Å². The van der Waals surface area contributed by atoms with E-state index in [1.54, 1.807) is 0 Å². The van der Waals surface area contributed by atoms with Gasteiger partial charge < -0.3 is 20.4 Å². The molecule has 0 aliphatic heterocycles. The van der Waals surface area contributed by atoms with E-state index >= 15 is 0 Å². The van der Waals surface area contributed by atoms with Crippen LogP contribution >= 0.6 is 11.8 Å². The Bertz CT molecular complexity index is 804. The van der Waals surface area contributed by atoms with Crippen LogP contribution < -0.4 is 0 Å². The molecule has 2 rings (SSSR count). The quantitative estimate of drug-likeness (QED) is 0.522. The average molecular weight is 390 g/mol. The van der Waals surface area contributed by atoms with Gasteiger partial charge in [0.05, 0.1) is 20.9 Å². The van der Waals surface area contributed by atoms with Crippen LogP contribution in [0.2, 0.25) is 0 Å². The molecule has 6 nitrogen and oxygen atoms in total. The van der Waals surface area contributed by atoms with E-state index in [1.807, 2.05) is 13.8 Å². The molecule has 0 saturated heterocycles. The van der Waals surface area contributed by atoms with Crippen LogP contribution in [0.1, 0.15) is 58.5 Å². The van der Waals surface area contributed by atoms with Crippen molar-refractivity contribution in [1.82, 2.24) is 0 Å². The number of rotatable bonds is 8. The molecule has 0 amide bonds. The molecule has 0 aromatic heterocycles. The van der Waals surface area contributed by atoms with Crippen LogP contribution in [-0.2, 0) is 12.8 Å². The van der Waals surface area contributed by atoms with Gasteiger partial charge >= 0.3 is 11.9 Å². The molecule has 0 unspecified atom stereocenters.